The van der Waals surface area contributed by atoms with Crippen molar-refractivity contribution >= 4 is 17.3 Å². The molecule has 0 aromatic carbocycles. The summed E-state index contributed by atoms with van der Waals surface area (Å²) < 4.78 is 0. The van der Waals surface area contributed by atoms with E-state index in [1.165, 1.54) is 0 Å². The van der Waals surface area contributed by atoms with Crippen molar-refractivity contribution in [1.82, 2.24) is 10.2 Å². The van der Waals surface area contributed by atoms with Crippen LogP contribution in [-0.2, 0) is 14.4 Å². The van der Waals surface area contributed by atoms with Crippen LogP contribution in [0.15, 0.2) is 11.9 Å². The molecule has 0 saturated heterocycles. The van der Waals surface area contributed by atoms with Crippen LogP contribution in [-0.4, -0.2) is 41.9 Å². The highest BCUT2D eigenvalue weighted by molar-refractivity contribution is 5.78. The lowest BCUT2D eigenvalue weighted by Crippen LogP contribution is -2.34. The number of nitrogens with zero attached hydrogens (tertiary/aromatic N) is 1. The van der Waals surface area contributed by atoms with Crippen molar-refractivity contribution in [2.24, 2.45) is 0 Å². The molecule has 0 amide bonds. The first-order valence-corrected chi connectivity index (χ1v) is 10.2. The van der Waals surface area contributed by atoms with E-state index >= 15 is 0 Å². The van der Waals surface area contributed by atoms with Gasteiger partial charge in [0.25, 0.3) is 0 Å². The molecular weight excluding hydrogens is 328 g/mol. The second kappa shape index (κ2) is 15.6. The largest absolute Gasteiger partial charge is 0.372 e. The van der Waals surface area contributed by atoms with Gasteiger partial charge < -0.3 is 10.2 Å². The van der Waals surface area contributed by atoms with E-state index in [1.54, 1.807) is 0 Å². The van der Waals surface area contributed by atoms with Crippen LogP contribution in [0.25, 0.3) is 0 Å². The van der Waals surface area contributed by atoms with Crippen LogP contribution < -0.4 is 5.32 Å². The van der Waals surface area contributed by atoms with Crippen molar-refractivity contribution in [2.75, 3.05) is 19.6 Å². The van der Waals surface area contributed by atoms with Gasteiger partial charge >= 0.3 is 0 Å². The molecular formula is C21H38N2O3. The van der Waals surface area contributed by atoms with Gasteiger partial charge in [-0.3, -0.25) is 14.4 Å². The zero-order valence-electron chi connectivity index (χ0n) is 17.2. The molecule has 0 aliphatic heterocycles. The zero-order chi connectivity index (χ0) is 19.8. The van der Waals surface area contributed by atoms with Crippen LogP contribution in [0.2, 0.25) is 0 Å². The van der Waals surface area contributed by atoms with Crippen LogP contribution in [0.1, 0.15) is 85.5 Å². The van der Waals surface area contributed by atoms with Crippen LogP contribution in [0.3, 0.4) is 0 Å². The molecule has 5 heteroatoms. The average molecular weight is 367 g/mol. The number of allylic oxidation sites excluding steroid dienone is 1. The summed E-state index contributed by atoms with van der Waals surface area (Å²) in [7, 11) is 0. The van der Waals surface area contributed by atoms with Crippen LogP contribution in [0.5, 0.6) is 0 Å². The zero-order valence-corrected chi connectivity index (χ0v) is 17.2. The van der Waals surface area contributed by atoms with Crippen molar-refractivity contribution in [2.45, 2.75) is 85.5 Å². The Hall–Kier alpha value is -1.65. The third-order valence-corrected chi connectivity index (χ3v) is 4.50. The first kappa shape index (κ1) is 24.4. The first-order chi connectivity index (χ1) is 12.5. The maximum absolute atomic E-state index is 11.6. The Morgan fingerprint density at radius 1 is 0.769 bits per heavy atom. The highest BCUT2D eigenvalue weighted by Gasteiger charge is 2.11. The SMILES string of the molecule is CC=C(NCCCC(=O)CC)N(CCCC(=O)CC)CCCC(=O)CC. The lowest BCUT2D eigenvalue weighted by Gasteiger charge is -2.28. The van der Waals surface area contributed by atoms with Gasteiger partial charge in [0, 0.05) is 58.2 Å². The number of ketones is 3. The number of rotatable bonds is 17. The van der Waals surface area contributed by atoms with E-state index < -0.39 is 0 Å². The Bertz CT molecular complexity index is 436. The smallest absolute Gasteiger partial charge is 0.132 e. The van der Waals surface area contributed by atoms with Gasteiger partial charge in [0.1, 0.15) is 17.3 Å². The fourth-order valence-corrected chi connectivity index (χ4v) is 2.72. The minimum atomic E-state index is 0.291. The molecule has 0 heterocycles. The Morgan fingerprint density at radius 2 is 1.19 bits per heavy atom. The number of hydrogen-bond donors (Lipinski definition) is 1. The normalized spacial score (nSPS) is 11.3. The number of carbonyl (C=O) groups excluding carboxylic acids is 3. The predicted molar refractivity (Wildman–Crippen MR) is 107 cm³/mol. The number of hydrogen-bond acceptors (Lipinski definition) is 5. The number of carbonyl (C=O) groups is 3. The summed E-state index contributed by atoms with van der Waals surface area (Å²) in [6.07, 6.45) is 8.08. The summed E-state index contributed by atoms with van der Waals surface area (Å²) in [5, 5.41) is 3.42. The molecule has 150 valence electrons. The molecule has 0 rings (SSSR count). The molecule has 0 fully saturated rings. The lowest BCUT2D eigenvalue weighted by atomic mass is 10.1. The molecule has 0 saturated carbocycles. The summed E-state index contributed by atoms with van der Waals surface area (Å²) in [5.74, 6) is 1.90. The van der Waals surface area contributed by atoms with E-state index in [4.69, 9.17) is 0 Å². The fourth-order valence-electron chi connectivity index (χ4n) is 2.72. The van der Waals surface area contributed by atoms with Crippen LogP contribution in [0, 0.1) is 0 Å². The summed E-state index contributed by atoms with van der Waals surface area (Å²) >= 11 is 0. The van der Waals surface area contributed by atoms with Gasteiger partial charge in [0.05, 0.1) is 5.82 Å². The van der Waals surface area contributed by atoms with Gasteiger partial charge in [-0.25, -0.2) is 0 Å². The number of nitrogens with one attached hydrogen (secondary N) is 1. The van der Waals surface area contributed by atoms with Gasteiger partial charge in [0.15, 0.2) is 0 Å². The van der Waals surface area contributed by atoms with Gasteiger partial charge in [-0.05, 0) is 32.3 Å². The highest BCUT2D eigenvalue weighted by Crippen LogP contribution is 2.09. The van der Waals surface area contributed by atoms with Gasteiger partial charge in [0.2, 0.25) is 0 Å². The summed E-state index contributed by atoms with van der Waals surface area (Å²) in [4.78, 5) is 36.7. The van der Waals surface area contributed by atoms with E-state index in [0.717, 1.165) is 44.7 Å². The summed E-state index contributed by atoms with van der Waals surface area (Å²) in [6.45, 7) is 10.0. The molecule has 0 spiro atoms. The minimum Gasteiger partial charge on any atom is -0.372 e. The maximum Gasteiger partial charge on any atom is 0.132 e. The summed E-state index contributed by atoms with van der Waals surface area (Å²) in [5.41, 5.74) is 0. The monoisotopic (exact) mass is 366 g/mol. The molecule has 0 aliphatic rings. The van der Waals surface area contributed by atoms with E-state index in [9.17, 15) is 14.4 Å². The average Bonchev–Trinajstić information content (AvgIpc) is 2.66. The molecule has 0 atom stereocenters. The Balaban J connectivity index is 4.55. The van der Waals surface area contributed by atoms with Crippen LogP contribution in [0.4, 0.5) is 0 Å². The van der Waals surface area contributed by atoms with Gasteiger partial charge in [-0.15, -0.1) is 0 Å². The van der Waals surface area contributed by atoms with E-state index in [2.05, 4.69) is 10.2 Å². The van der Waals surface area contributed by atoms with E-state index in [-0.39, 0.29) is 0 Å². The van der Waals surface area contributed by atoms with Crippen molar-refractivity contribution in [3.8, 4) is 0 Å². The summed E-state index contributed by atoms with van der Waals surface area (Å²) in [6, 6.07) is 0. The molecule has 0 aromatic heterocycles. The van der Waals surface area contributed by atoms with Crippen LogP contribution >= 0.6 is 0 Å². The van der Waals surface area contributed by atoms with Crippen molar-refractivity contribution in [3.63, 3.8) is 0 Å². The Morgan fingerprint density at radius 3 is 1.58 bits per heavy atom. The second-order valence-electron chi connectivity index (χ2n) is 6.58. The van der Waals surface area contributed by atoms with E-state index in [1.807, 2.05) is 33.8 Å². The molecule has 0 bridgehead atoms. The molecule has 0 aromatic rings. The molecule has 0 unspecified atom stereocenters. The standard InChI is InChI=1S/C21H38N2O3/c1-5-18(24)12-9-15-22-21(8-4)23(16-10-13-19(25)6-2)17-11-14-20(26)7-3/h8,22H,5-7,9-17H2,1-4H3. The molecule has 1 N–H and O–H groups in total. The minimum absolute atomic E-state index is 0.291. The quantitative estimate of drug-likeness (QED) is 0.394. The van der Waals surface area contributed by atoms with Gasteiger partial charge in [-0.1, -0.05) is 20.8 Å². The lowest BCUT2D eigenvalue weighted by molar-refractivity contribution is -0.119. The molecule has 26 heavy (non-hydrogen) atoms. The third-order valence-electron chi connectivity index (χ3n) is 4.50. The fraction of sp³-hybridized carbons (Fsp3) is 0.762. The molecule has 0 radical (unpaired) electrons. The molecule has 0 aliphatic carbocycles. The van der Waals surface area contributed by atoms with Crippen molar-refractivity contribution in [1.29, 1.82) is 0 Å². The first-order valence-electron chi connectivity index (χ1n) is 10.2. The Labute approximate surface area is 159 Å². The Kier molecular flexibility index (Phi) is 14.6. The third kappa shape index (κ3) is 11.8. The predicted octanol–water partition coefficient (Wildman–Crippen LogP) is 4.02. The maximum atomic E-state index is 11.6. The molecule has 5 nitrogen and oxygen atoms in total. The van der Waals surface area contributed by atoms with Crippen molar-refractivity contribution < 1.29 is 14.4 Å². The topological polar surface area (TPSA) is 66.5 Å². The number of Topliss-reactive ketones (excluding diaryl/α,β-unsaturated/α-hetero) is 3. The van der Waals surface area contributed by atoms with Crippen molar-refractivity contribution in [3.05, 3.63) is 11.9 Å². The van der Waals surface area contributed by atoms with E-state index in [0.29, 0.717) is 55.9 Å². The highest BCUT2D eigenvalue weighted by atomic mass is 16.1. The second-order valence-corrected chi connectivity index (χ2v) is 6.58. The van der Waals surface area contributed by atoms with Gasteiger partial charge in [-0.2, -0.15) is 0 Å².